The fraction of sp³-hybridized carbons (Fsp3) is 0.533. The predicted molar refractivity (Wildman–Crippen MR) is 80.6 cm³/mol. The van der Waals surface area contributed by atoms with E-state index in [4.69, 9.17) is 5.73 Å². The molecule has 0 aliphatic rings. The zero-order valence-corrected chi connectivity index (χ0v) is 12.2. The fourth-order valence-corrected chi connectivity index (χ4v) is 2.39. The SMILES string of the molecule is CCCCN(CC)c1cc(C)c2nc(CN)cn2c1. The summed E-state index contributed by atoms with van der Waals surface area (Å²) < 4.78 is 2.10. The zero-order valence-electron chi connectivity index (χ0n) is 12.2. The third kappa shape index (κ3) is 2.89. The molecule has 0 radical (unpaired) electrons. The monoisotopic (exact) mass is 260 g/mol. The van der Waals surface area contributed by atoms with Gasteiger partial charge in [-0.1, -0.05) is 13.3 Å². The minimum atomic E-state index is 0.490. The maximum absolute atomic E-state index is 5.67. The van der Waals surface area contributed by atoms with E-state index in [1.165, 1.54) is 24.1 Å². The Bertz CT molecular complexity index is 544. The summed E-state index contributed by atoms with van der Waals surface area (Å²) in [7, 11) is 0. The predicted octanol–water partition coefficient (Wildman–Crippen LogP) is 2.73. The zero-order chi connectivity index (χ0) is 13.8. The smallest absolute Gasteiger partial charge is 0.140 e. The molecule has 2 heterocycles. The van der Waals surface area contributed by atoms with Crippen LogP contribution in [0.15, 0.2) is 18.5 Å². The van der Waals surface area contributed by atoms with E-state index in [9.17, 15) is 0 Å². The third-order valence-corrected chi connectivity index (χ3v) is 3.51. The summed E-state index contributed by atoms with van der Waals surface area (Å²) in [5.74, 6) is 0. The standard InChI is InChI=1S/C15H24N4/c1-4-6-7-18(5-2)14-8-12(3)15-17-13(9-16)10-19(15)11-14/h8,10-11H,4-7,9,16H2,1-3H3. The van der Waals surface area contributed by atoms with Gasteiger partial charge < -0.3 is 15.0 Å². The Morgan fingerprint density at radius 3 is 2.74 bits per heavy atom. The number of unbranched alkanes of at least 4 members (excludes halogenated alkanes) is 1. The van der Waals surface area contributed by atoms with Crippen molar-refractivity contribution in [1.29, 1.82) is 0 Å². The lowest BCUT2D eigenvalue weighted by Gasteiger charge is -2.23. The minimum Gasteiger partial charge on any atom is -0.371 e. The van der Waals surface area contributed by atoms with E-state index in [0.717, 1.165) is 24.4 Å². The van der Waals surface area contributed by atoms with Crippen LogP contribution in [0.5, 0.6) is 0 Å². The molecular formula is C15H24N4. The van der Waals surface area contributed by atoms with Gasteiger partial charge >= 0.3 is 0 Å². The lowest BCUT2D eigenvalue weighted by atomic mass is 10.2. The molecule has 2 N–H and O–H groups in total. The first-order chi connectivity index (χ1) is 9.19. The van der Waals surface area contributed by atoms with Gasteiger partial charge in [-0.15, -0.1) is 0 Å². The van der Waals surface area contributed by atoms with E-state index in [2.05, 4.69) is 47.3 Å². The molecule has 0 aliphatic heterocycles. The van der Waals surface area contributed by atoms with Crippen molar-refractivity contribution in [2.75, 3.05) is 18.0 Å². The van der Waals surface area contributed by atoms with Gasteiger partial charge in [0.1, 0.15) is 5.65 Å². The Kier molecular flexibility index (Phi) is 4.43. The van der Waals surface area contributed by atoms with Crippen LogP contribution in [0.4, 0.5) is 5.69 Å². The van der Waals surface area contributed by atoms with Crippen molar-refractivity contribution in [2.24, 2.45) is 5.73 Å². The fourth-order valence-electron chi connectivity index (χ4n) is 2.39. The highest BCUT2D eigenvalue weighted by atomic mass is 15.1. The summed E-state index contributed by atoms with van der Waals surface area (Å²) in [6.45, 7) is 9.17. The van der Waals surface area contributed by atoms with Gasteiger partial charge in [0.25, 0.3) is 0 Å². The average Bonchev–Trinajstić information content (AvgIpc) is 2.83. The van der Waals surface area contributed by atoms with Gasteiger partial charge in [-0.05, 0) is 31.9 Å². The Hall–Kier alpha value is -1.55. The Morgan fingerprint density at radius 2 is 2.11 bits per heavy atom. The number of aromatic nitrogens is 2. The molecule has 0 bridgehead atoms. The van der Waals surface area contributed by atoms with Crippen molar-refractivity contribution in [3.05, 3.63) is 29.7 Å². The molecule has 2 rings (SSSR count). The molecule has 0 saturated heterocycles. The second-order valence-electron chi connectivity index (χ2n) is 4.98. The molecule has 0 fully saturated rings. The summed E-state index contributed by atoms with van der Waals surface area (Å²) in [6.07, 6.45) is 6.64. The van der Waals surface area contributed by atoms with E-state index in [0.29, 0.717) is 6.54 Å². The number of fused-ring (bicyclic) bond motifs is 1. The van der Waals surface area contributed by atoms with Gasteiger partial charge in [0.15, 0.2) is 0 Å². The van der Waals surface area contributed by atoms with Crippen LogP contribution in [0.1, 0.15) is 37.9 Å². The normalized spacial score (nSPS) is 11.2. The molecular weight excluding hydrogens is 236 g/mol. The number of hydrogen-bond acceptors (Lipinski definition) is 3. The first-order valence-corrected chi connectivity index (χ1v) is 7.12. The summed E-state index contributed by atoms with van der Waals surface area (Å²) in [5.41, 5.74) is 10.1. The number of nitrogens with zero attached hydrogens (tertiary/aromatic N) is 3. The lowest BCUT2D eigenvalue weighted by Crippen LogP contribution is -2.24. The molecule has 0 spiro atoms. The number of aryl methyl sites for hydroxylation is 1. The maximum Gasteiger partial charge on any atom is 0.140 e. The molecule has 2 aromatic heterocycles. The van der Waals surface area contributed by atoms with E-state index in [-0.39, 0.29) is 0 Å². The summed E-state index contributed by atoms with van der Waals surface area (Å²) >= 11 is 0. The van der Waals surface area contributed by atoms with Gasteiger partial charge in [-0.2, -0.15) is 0 Å². The van der Waals surface area contributed by atoms with Crippen molar-refractivity contribution < 1.29 is 0 Å². The van der Waals surface area contributed by atoms with E-state index in [1.54, 1.807) is 0 Å². The first-order valence-electron chi connectivity index (χ1n) is 7.12. The molecule has 0 aliphatic carbocycles. The van der Waals surface area contributed by atoms with Crippen LogP contribution < -0.4 is 10.6 Å². The van der Waals surface area contributed by atoms with Gasteiger partial charge in [0, 0.05) is 32.0 Å². The van der Waals surface area contributed by atoms with E-state index in [1.807, 2.05) is 6.20 Å². The van der Waals surface area contributed by atoms with Crippen LogP contribution in [-0.2, 0) is 6.54 Å². The number of anilines is 1. The molecule has 0 unspecified atom stereocenters. The molecule has 0 atom stereocenters. The molecule has 104 valence electrons. The van der Waals surface area contributed by atoms with Crippen LogP contribution in [0.25, 0.3) is 5.65 Å². The van der Waals surface area contributed by atoms with Gasteiger partial charge in [-0.3, -0.25) is 0 Å². The van der Waals surface area contributed by atoms with Gasteiger partial charge in [0.05, 0.1) is 11.4 Å². The van der Waals surface area contributed by atoms with Crippen LogP contribution >= 0.6 is 0 Å². The lowest BCUT2D eigenvalue weighted by molar-refractivity contribution is 0.730. The van der Waals surface area contributed by atoms with E-state index >= 15 is 0 Å². The second-order valence-corrected chi connectivity index (χ2v) is 4.98. The number of rotatable bonds is 6. The van der Waals surface area contributed by atoms with Crippen molar-refractivity contribution in [2.45, 2.75) is 40.2 Å². The maximum atomic E-state index is 5.67. The summed E-state index contributed by atoms with van der Waals surface area (Å²) in [6, 6.07) is 2.22. The third-order valence-electron chi connectivity index (χ3n) is 3.51. The summed E-state index contributed by atoms with van der Waals surface area (Å²) in [4.78, 5) is 6.95. The topological polar surface area (TPSA) is 46.6 Å². The number of nitrogens with two attached hydrogens (primary N) is 1. The largest absolute Gasteiger partial charge is 0.371 e. The summed E-state index contributed by atoms with van der Waals surface area (Å²) in [5, 5.41) is 0. The van der Waals surface area contributed by atoms with Crippen molar-refractivity contribution in [1.82, 2.24) is 9.38 Å². The Labute approximate surface area is 115 Å². The average molecular weight is 260 g/mol. The molecule has 0 saturated carbocycles. The molecule has 4 nitrogen and oxygen atoms in total. The highest BCUT2D eigenvalue weighted by Crippen LogP contribution is 2.20. The number of hydrogen-bond donors (Lipinski definition) is 1. The van der Waals surface area contributed by atoms with Crippen LogP contribution in [0.2, 0.25) is 0 Å². The first kappa shape index (κ1) is 13.9. The molecule has 0 aromatic carbocycles. The molecule has 0 amide bonds. The Balaban J connectivity index is 2.37. The highest BCUT2D eigenvalue weighted by molar-refractivity contribution is 5.58. The number of imidazole rings is 1. The molecule has 19 heavy (non-hydrogen) atoms. The molecule has 4 heteroatoms. The minimum absolute atomic E-state index is 0.490. The van der Waals surface area contributed by atoms with Crippen molar-refractivity contribution in [3.8, 4) is 0 Å². The second kappa shape index (κ2) is 6.06. The Morgan fingerprint density at radius 1 is 1.32 bits per heavy atom. The van der Waals surface area contributed by atoms with E-state index < -0.39 is 0 Å². The highest BCUT2D eigenvalue weighted by Gasteiger charge is 2.09. The van der Waals surface area contributed by atoms with Gasteiger partial charge in [-0.25, -0.2) is 4.98 Å². The van der Waals surface area contributed by atoms with Crippen LogP contribution in [0, 0.1) is 6.92 Å². The van der Waals surface area contributed by atoms with Crippen LogP contribution in [0.3, 0.4) is 0 Å². The van der Waals surface area contributed by atoms with Crippen molar-refractivity contribution >= 4 is 11.3 Å². The molecule has 2 aromatic rings. The van der Waals surface area contributed by atoms with Crippen molar-refractivity contribution in [3.63, 3.8) is 0 Å². The van der Waals surface area contributed by atoms with Gasteiger partial charge in [0.2, 0.25) is 0 Å². The number of pyridine rings is 1. The quantitative estimate of drug-likeness (QED) is 0.868. The van der Waals surface area contributed by atoms with Crippen LogP contribution in [-0.4, -0.2) is 22.5 Å².